The molecule has 10 nitrogen and oxygen atoms in total. The summed E-state index contributed by atoms with van der Waals surface area (Å²) >= 11 is 0. The van der Waals surface area contributed by atoms with E-state index in [0.717, 1.165) is 18.4 Å². The molecule has 3 fully saturated rings. The second kappa shape index (κ2) is 15.5. The van der Waals surface area contributed by atoms with Crippen LogP contribution in [0.15, 0.2) is 46.6 Å². The molecule has 0 aromatic rings. The lowest BCUT2D eigenvalue weighted by Gasteiger charge is -2.67. The van der Waals surface area contributed by atoms with Crippen molar-refractivity contribution in [2.24, 2.45) is 39.9 Å². The largest absolute Gasteiger partial charge is 0.481 e. The van der Waals surface area contributed by atoms with Crippen LogP contribution in [0.2, 0.25) is 0 Å². The highest BCUT2D eigenvalue weighted by Gasteiger charge is 2.71. The fraction of sp³-hybridized carbons (Fsp3) is 0.738. The van der Waals surface area contributed by atoms with Crippen LogP contribution in [0.3, 0.4) is 0 Å². The van der Waals surface area contributed by atoms with Crippen molar-refractivity contribution in [1.29, 1.82) is 0 Å². The first-order valence-electron chi connectivity index (χ1n) is 19.0. The molecule has 0 radical (unpaired) electrons. The standard InChI is InChI=1S/C42H64O10/c1-12-24(5)34(45)37(47)51-29-21-41(10)28(26-19-27(50-22-26)18-23(3)4)14-15-30(41)42(11)32(52-38(48)35(46)25(6)13-2)20-31(39(7,8)49)40(9,36(29)42)17-16-33(43)44/h12-13,15,18,26-29,31-32,34-36,45-46,49H,14,16-17,19-22H2,1-11H3,(H,43,44)/b24-12+,25-13+/t26-,27-,28+,29-,31?,32-,34-,35-,36-,40+,41+,42-/m1/s1. The summed E-state index contributed by atoms with van der Waals surface area (Å²) in [6, 6.07) is 0. The Kier molecular flexibility index (Phi) is 12.5. The molecule has 1 aliphatic heterocycles. The monoisotopic (exact) mass is 728 g/mol. The number of fused-ring (bicyclic) bond motifs is 3. The van der Waals surface area contributed by atoms with E-state index in [0.29, 0.717) is 24.2 Å². The number of carboxylic acid groups (broad SMARTS) is 1. The second-order valence-electron chi connectivity index (χ2n) is 17.6. The predicted molar refractivity (Wildman–Crippen MR) is 198 cm³/mol. The zero-order chi connectivity index (χ0) is 39.1. The van der Waals surface area contributed by atoms with Crippen LogP contribution < -0.4 is 0 Å². The molecule has 0 spiro atoms. The average Bonchev–Trinajstić information content (AvgIpc) is 3.65. The highest BCUT2D eigenvalue weighted by Crippen LogP contribution is 2.72. The molecule has 3 aliphatic carbocycles. The number of aliphatic carboxylic acids is 1. The van der Waals surface area contributed by atoms with Crippen LogP contribution in [-0.4, -0.2) is 81.1 Å². The SMILES string of the molecule is C/C=C(\C)[C@@H](O)C(=O)O[C@@H]1C[C@]2(C)C(=CC[C@H]2[C@H]2CO[C@H](C=C(C)C)C2)[C@]2(C)[C@H](OC(=O)[C@H](O)/C(C)=C/C)CC(C(C)(C)O)[C@](C)(CCC(=O)O)[C@@H]12. The maximum absolute atomic E-state index is 13.9. The summed E-state index contributed by atoms with van der Waals surface area (Å²) in [6.07, 6.45) is 5.11. The molecule has 0 amide bonds. The average molecular weight is 729 g/mol. The quantitative estimate of drug-likeness (QED) is 0.130. The third-order valence-electron chi connectivity index (χ3n) is 13.5. The summed E-state index contributed by atoms with van der Waals surface area (Å²) in [5.74, 6) is -3.55. The van der Waals surface area contributed by atoms with Crippen molar-refractivity contribution in [1.82, 2.24) is 0 Å². The molecule has 52 heavy (non-hydrogen) atoms. The van der Waals surface area contributed by atoms with Gasteiger partial charge in [-0.25, -0.2) is 9.59 Å². The lowest BCUT2D eigenvalue weighted by Crippen LogP contribution is -2.68. The van der Waals surface area contributed by atoms with Gasteiger partial charge in [0.15, 0.2) is 12.2 Å². The third-order valence-corrected chi connectivity index (χ3v) is 13.5. The van der Waals surface area contributed by atoms with Gasteiger partial charge in [-0.2, -0.15) is 0 Å². The van der Waals surface area contributed by atoms with Crippen LogP contribution in [0, 0.1) is 39.9 Å². The van der Waals surface area contributed by atoms with E-state index in [2.05, 4.69) is 32.9 Å². The molecule has 10 heteroatoms. The molecule has 4 aliphatic rings. The first-order valence-corrected chi connectivity index (χ1v) is 19.0. The third kappa shape index (κ3) is 7.73. The summed E-state index contributed by atoms with van der Waals surface area (Å²) in [7, 11) is 0. The first kappa shape index (κ1) is 42.0. The minimum atomic E-state index is -1.50. The highest BCUT2D eigenvalue weighted by atomic mass is 16.6. The first-order chi connectivity index (χ1) is 24.1. The number of carbonyl (C=O) groups excluding carboxylic acids is 2. The van der Waals surface area contributed by atoms with E-state index in [1.165, 1.54) is 5.57 Å². The lowest BCUT2D eigenvalue weighted by molar-refractivity contribution is -0.241. The Labute approximate surface area is 310 Å². The van der Waals surface area contributed by atoms with Gasteiger partial charge in [-0.3, -0.25) is 4.79 Å². The maximum Gasteiger partial charge on any atom is 0.339 e. The normalized spacial score (nSPS) is 37.7. The lowest BCUT2D eigenvalue weighted by atomic mass is 9.39. The summed E-state index contributed by atoms with van der Waals surface area (Å²) in [6.45, 7) is 21.0. The van der Waals surface area contributed by atoms with E-state index in [1.54, 1.807) is 53.7 Å². The van der Waals surface area contributed by atoms with Crippen LogP contribution in [0.5, 0.6) is 0 Å². The van der Waals surface area contributed by atoms with Crippen LogP contribution in [0.1, 0.15) is 115 Å². The smallest absolute Gasteiger partial charge is 0.339 e. The summed E-state index contributed by atoms with van der Waals surface area (Å²) in [4.78, 5) is 39.8. The molecule has 1 saturated heterocycles. The molecular weight excluding hydrogens is 664 g/mol. The van der Waals surface area contributed by atoms with Gasteiger partial charge in [0.25, 0.3) is 0 Å². The fourth-order valence-electron chi connectivity index (χ4n) is 10.9. The molecule has 1 heterocycles. The molecule has 2 saturated carbocycles. The van der Waals surface area contributed by atoms with Gasteiger partial charge in [0.1, 0.15) is 12.2 Å². The van der Waals surface area contributed by atoms with Crippen LogP contribution in [0.25, 0.3) is 0 Å². The number of rotatable bonds is 12. The molecule has 0 aromatic heterocycles. The topological polar surface area (TPSA) is 160 Å². The molecule has 292 valence electrons. The molecule has 12 atom stereocenters. The Morgan fingerprint density at radius 3 is 2.08 bits per heavy atom. The van der Waals surface area contributed by atoms with Crippen molar-refractivity contribution in [3.8, 4) is 0 Å². The minimum Gasteiger partial charge on any atom is -0.481 e. The van der Waals surface area contributed by atoms with E-state index in [1.807, 2.05) is 13.8 Å². The molecule has 0 aromatic carbocycles. The van der Waals surface area contributed by atoms with Gasteiger partial charge in [-0.15, -0.1) is 0 Å². The number of carboxylic acids is 1. The summed E-state index contributed by atoms with van der Waals surface area (Å²) in [5, 5.41) is 43.9. The van der Waals surface area contributed by atoms with E-state index >= 15 is 0 Å². The van der Waals surface area contributed by atoms with Gasteiger partial charge in [-0.1, -0.05) is 56.2 Å². The van der Waals surface area contributed by atoms with Crippen LogP contribution in [-0.2, 0) is 28.6 Å². The summed E-state index contributed by atoms with van der Waals surface area (Å²) < 4.78 is 19.1. The van der Waals surface area contributed by atoms with E-state index in [4.69, 9.17) is 14.2 Å². The van der Waals surface area contributed by atoms with Crippen LogP contribution in [0.4, 0.5) is 0 Å². The van der Waals surface area contributed by atoms with E-state index < -0.39 is 76.0 Å². The number of ether oxygens (including phenoxy) is 3. The number of aliphatic hydroxyl groups excluding tert-OH is 2. The van der Waals surface area contributed by atoms with Crippen molar-refractivity contribution in [2.75, 3.05) is 6.61 Å². The van der Waals surface area contributed by atoms with Crippen LogP contribution >= 0.6 is 0 Å². The van der Waals surface area contributed by atoms with E-state index in [-0.39, 0.29) is 37.2 Å². The zero-order valence-corrected chi connectivity index (χ0v) is 33.2. The van der Waals surface area contributed by atoms with Crippen molar-refractivity contribution >= 4 is 17.9 Å². The number of esters is 2. The van der Waals surface area contributed by atoms with Crippen molar-refractivity contribution < 1.29 is 49.0 Å². The van der Waals surface area contributed by atoms with Gasteiger partial charge in [-0.05, 0) is 127 Å². The van der Waals surface area contributed by atoms with Gasteiger partial charge in [0.2, 0.25) is 0 Å². The molecular formula is C42H64O10. The highest BCUT2D eigenvalue weighted by molar-refractivity contribution is 5.79. The summed E-state index contributed by atoms with van der Waals surface area (Å²) in [5.41, 5.74) is -0.749. The van der Waals surface area contributed by atoms with Gasteiger partial charge in [0.05, 0.1) is 18.3 Å². The molecule has 0 bridgehead atoms. The number of aliphatic hydroxyl groups is 3. The van der Waals surface area contributed by atoms with Crippen molar-refractivity contribution in [3.05, 3.63) is 46.6 Å². The Hall–Kier alpha value is -2.79. The Morgan fingerprint density at radius 2 is 1.56 bits per heavy atom. The molecule has 1 unspecified atom stereocenters. The zero-order valence-electron chi connectivity index (χ0n) is 33.2. The van der Waals surface area contributed by atoms with Gasteiger partial charge < -0.3 is 34.6 Å². The Balaban J connectivity index is 1.96. The minimum absolute atomic E-state index is 0.00580. The number of hydrogen-bond acceptors (Lipinski definition) is 9. The maximum atomic E-state index is 13.9. The van der Waals surface area contributed by atoms with Crippen molar-refractivity contribution in [2.45, 2.75) is 151 Å². The van der Waals surface area contributed by atoms with Crippen molar-refractivity contribution in [3.63, 3.8) is 0 Å². The number of hydrogen-bond donors (Lipinski definition) is 4. The molecule has 4 rings (SSSR count). The number of allylic oxidation sites excluding steroid dienone is 4. The second-order valence-corrected chi connectivity index (χ2v) is 17.6. The Bertz CT molecular complexity index is 1500. The molecule has 4 N–H and O–H groups in total. The van der Waals surface area contributed by atoms with Gasteiger partial charge in [0, 0.05) is 17.8 Å². The Morgan fingerprint density at radius 1 is 0.981 bits per heavy atom. The van der Waals surface area contributed by atoms with Gasteiger partial charge >= 0.3 is 17.9 Å². The van der Waals surface area contributed by atoms with E-state index in [9.17, 15) is 34.8 Å². The fourth-order valence-corrected chi connectivity index (χ4v) is 10.9. The number of carbonyl (C=O) groups is 3. The predicted octanol–water partition coefficient (Wildman–Crippen LogP) is 6.48.